The quantitative estimate of drug-likeness (QED) is 0.0479. The van der Waals surface area contributed by atoms with E-state index in [4.69, 9.17) is 47.4 Å². The van der Waals surface area contributed by atoms with Crippen molar-refractivity contribution in [1.29, 1.82) is 0 Å². The van der Waals surface area contributed by atoms with Crippen LogP contribution in [-0.2, 0) is 61.8 Å². The minimum atomic E-state index is -2.24. The van der Waals surface area contributed by atoms with Crippen LogP contribution in [0.2, 0.25) is 0 Å². The number of rotatable bonds is 22. The van der Waals surface area contributed by atoms with Crippen LogP contribution in [0.5, 0.6) is 0 Å². The summed E-state index contributed by atoms with van der Waals surface area (Å²) in [6.07, 6.45) is -49.3. The van der Waals surface area contributed by atoms with Crippen molar-refractivity contribution in [3.8, 4) is 0 Å². The van der Waals surface area contributed by atoms with E-state index in [1.165, 1.54) is 6.92 Å². The molecule has 0 unspecified atom stereocenters. The van der Waals surface area contributed by atoms with Crippen molar-refractivity contribution < 1.29 is 149 Å². The molecule has 3 amide bonds. The van der Waals surface area contributed by atoms with Gasteiger partial charge in [0.25, 0.3) is 0 Å². The molecule has 0 saturated carbocycles. The molecule has 5 aliphatic rings. The highest BCUT2D eigenvalue weighted by atomic mass is 16.8. The van der Waals surface area contributed by atoms with E-state index < -0.39 is 235 Å². The molecule has 5 fully saturated rings. The molecular weight excluding hydrogens is 1030 g/mol. The van der Waals surface area contributed by atoms with Crippen molar-refractivity contribution >= 4 is 17.7 Å². The lowest BCUT2D eigenvalue weighted by atomic mass is 9.94. The molecule has 33 nitrogen and oxygen atoms in total. The van der Waals surface area contributed by atoms with E-state index in [1.54, 1.807) is 0 Å². The number of aliphatic hydroxyl groups excluding tert-OH is 17. The summed E-state index contributed by atoms with van der Waals surface area (Å²) in [6.45, 7) is -1.60. The van der Waals surface area contributed by atoms with E-state index in [9.17, 15) is 101 Å². The van der Waals surface area contributed by atoms with Gasteiger partial charge in [-0.1, -0.05) is 0 Å². The average Bonchev–Trinajstić information content (AvgIpc) is 3.37. The molecule has 75 heavy (non-hydrogen) atoms. The van der Waals surface area contributed by atoms with Crippen LogP contribution in [0.4, 0.5) is 0 Å². The Morgan fingerprint density at radius 3 is 1.49 bits per heavy atom. The molecule has 33 heteroatoms. The van der Waals surface area contributed by atoms with E-state index >= 15 is 0 Å². The molecule has 0 bridgehead atoms. The number of aliphatic hydroxyl groups is 17. The van der Waals surface area contributed by atoms with E-state index in [1.807, 2.05) is 0 Å². The Morgan fingerprint density at radius 2 is 0.947 bits per heavy atom. The molecule has 0 aromatic rings. The number of nitrogens with one attached hydrogen (secondary N) is 3. The molecule has 0 radical (unpaired) electrons. The van der Waals surface area contributed by atoms with Crippen LogP contribution < -0.4 is 16.0 Å². The van der Waals surface area contributed by atoms with Gasteiger partial charge >= 0.3 is 0 Å². The highest BCUT2D eigenvalue weighted by Gasteiger charge is 2.57. The van der Waals surface area contributed by atoms with E-state index in [2.05, 4.69) is 16.0 Å². The van der Waals surface area contributed by atoms with Gasteiger partial charge in [0.05, 0.1) is 51.8 Å². The molecule has 5 aliphatic heterocycles. The van der Waals surface area contributed by atoms with Gasteiger partial charge in [-0.15, -0.1) is 0 Å². The van der Waals surface area contributed by atoms with Crippen molar-refractivity contribution in [1.82, 2.24) is 16.0 Å². The average molecular weight is 1100 g/mol. The maximum absolute atomic E-state index is 12.6. The summed E-state index contributed by atoms with van der Waals surface area (Å²) >= 11 is 0. The van der Waals surface area contributed by atoms with Crippen molar-refractivity contribution in [2.24, 2.45) is 0 Å². The first kappa shape index (κ1) is 63.2. The maximum Gasteiger partial charge on any atom is 0.217 e. The number of carbonyl (C=O) groups is 3. The summed E-state index contributed by atoms with van der Waals surface area (Å²) < 4.78 is 58.2. The van der Waals surface area contributed by atoms with Gasteiger partial charge in [-0.3, -0.25) is 14.4 Å². The monoisotopic (exact) mass is 1100 g/mol. The highest BCUT2D eigenvalue weighted by Crippen LogP contribution is 2.37. The third kappa shape index (κ3) is 14.8. The fraction of sp³-hybridized carbons (Fsp3) is 0.929. The zero-order valence-electron chi connectivity index (χ0n) is 40.9. The number of amides is 3. The van der Waals surface area contributed by atoms with Gasteiger partial charge in [0.2, 0.25) is 17.7 Å². The van der Waals surface area contributed by atoms with Crippen molar-refractivity contribution in [3.63, 3.8) is 0 Å². The minimum absolute atomic E-state index is 0.786. The molecule has 5 rings (SSSR count). The van der Waals surface area contributed by atoms with Crippen molar-refractivity contribution in [2.45, 2.75) is 205 Å². The van der Waals surface area contributed by atoms with Crippen LogP contribution in [0.25, 0.3) is 0 Å². The largest absolute Gasteiger partial charge is 0.394 e. The van der Waals surface area contributed by atoms with E-state index in [0.29, 0.717) is 0 Å². The Labute approximate surface area is 426 Å². The Morgan fingerprint density at radius 1 is 0.480 bits per heavy atom. The molecule has 0 spiro atoms. The number of ether oxygens (including phenoxy) is 10. The van der Waals surface area contributed by atoms with Gasteiger partial charge in [0, 0.05) is 20.8 Å². The predicted octanol–water partition coefficient (Wildman–Crippen LogP) is -13.0. The molecule has 5 heterocycles. The number of carbonyl (C=O) groups excluding carboxylic acids is 3. The Hall–Kier alpha value is -2.67. The van der Waals surface area contributed by atoms with Crippen LogP contribution >= 0.6 is 0 Å². The summed E-state index contributed by atoms with van der Waals surface area (Å²) in [5.41, 5.74) is 0. The second kappa shape index (κ2) is 28.0. The van der Waals surface area contributed by atoms with E-state index in [0.717, 1.165) is 20.8 Å². The number of hydrogen-bond donors (Lipinski definition) is 20. The van der Waals surface area contributed by atoms with Gasteiger partial charge in [-0.2, -0.15) is 0 Å². The molecular formula is C42H73N3O30. The summed E-state index contributed by atoms with van der Waals surface area (Å²) in [4.78, 5) is 37.0. The fourth-order valence-corrected chi connectivity index (χ4v) is 9.15. The molecule has 0 aromatic carbocycles. The van der Waals surface area contributed by atoms with Gasteiger partial charge in [0.15, 0.2) is 31.5 Å². The molecule has 20 N–H and O–H groups in total. The van der Waals surface area contributed by atoms with Gasteiger partial charge in [-0.25, -0.2) is 0 Å². The Kier molecular flexibility index (Phi) is 23.5. The summed E-state index contributed by atoms with van der Waals surface area (Å²) in [6, 6.07) is -5.02. The highest BCUT2D eigenvalue weighted by molar-refractivity contribution is 5.74. The Balaban J connectivity index is 1.45. The van der Waals surface area contributed by atoms with Crippen molar-refractivity contribution in [2.75, 3.05) is 39.6 Å². The lowest BCUT2D eigenvalue weighted by Gasteiger charge is -2.51. The standard InChI is InChI=1S/C42H73N3O30/c1-11-23(55)30(62)32(64)40(67-11)75-37-36(74-39-21(44-13(3)52)28(60)25(57)17(6-47)68-39)27(59)19(8-49)70-42(37)73-35-20(9-50)71-38(22(29(35)61)45-14(4)53)66-10-16(54)24(56)34(15(5-46)43-12(2)51)72-41-33(65)31(63)26(58)18(7-48)69-41/h11,15-42,46-50,54-65H,5-10H2,1-4H3,(H,43,51)(H,44,52)(H,45,53)/t11-,15-,16+,17+,18+,19+,20+,21+,22+,23+,24-,25-,26-,27-,28+,29+,30+,31-,32-,33+,34+,35+,36-,37+,38+,39+,40-,41-,42-/m0/s1. The Bertz CT molecular complexity index is 1800. The van der Waals surface area contributed by atoms with Crippen LogP contribution in [0.1, 0.15) is 27.7 Å². The topological polar surface area (TPSA) is 524 Å². The van der Waals surface area contributed by atoms with Gasteiger partial charge in [0.1, 0.15) is 134 Å². The first-order valence-electron chi connectivity index (χ1n) is 23.9. The van der Waals surface area contributed by atoms with Gasteiger partial charge in [-0.05, 0) is 6.92 Å². The minimum Gasteiger partial charge on any atom is -0.394 e. The molecule has 0 aliphatic carbocycles. The summed E-state index contributed by atoms with van der Waals surface area (Å²) in [5.74, 6) is -2.43. The third-order valence-electron chi connectivity index (χ3n) is 13.2. The first-order chi connectivity index (χ1) is 35.3. The summed E-state index contributed by atoms with van der Waals surface area (Å²) in [5, 5.41) is 189. The fourth-order valence-electron chi connectivity index (χ4n) is 9.15. The van der Waals surface area contributed by atoms with Crippen molar-refractivity contribution in [3.05, 3.63) is 0 Å². The van der Waals surface area contributed by atoms with Crippen LogP contribution in [0.3, 0.4) is 0 Å². The van der Waals surface area contributed by atoms with Crippen LogP contribution in [0.15, 0.2) is 0 Å². The lowest BCUT2D eigenvalue weighted by Crippen LogP contribution is -2.70. The molecule has 0 aromatic heterocycles. The zero-order valence-corrected chi connectivity index (χ0v) is 40.9. The smallest absolute Gasteiger partial charge is 0.217 e. The second-order valence-electron chi connectivity index (χ2n) is 18.8. The van der Waals surface area contributed by atoms with Crippen LogP contribution in [-0.4, -0.2) is 322 Å². The number of hydrogen-bond acceptors (Lipinski definition) is 30. The summed E-state index contributed by atoms with van der Waals surface area (Å²) in [7, 11) is 0. The predicted molar refractivity (Wildman–Crippen MR) is 235 cm³/mol. The molecule has 436 valence electrons. The zero-order chi connectivity index (χ0) is 55.9. The first-order valence-corrected chi connectivity index (χ1v) is 23.9. The normalized spacial score (nSPS) is 44.2. The van der Waals surface area contributed by atoms with Gasteiger partial charge < -0.3 is 150 Å². The lowest BCUT2D eigenvalue weighted by molar-refractivity contribution is -0.398. The molecule has 5 saturated heterocycles. The second-order valence-corrected chi connectivity index (χ2v) is 18.8. The van der Waals surface area contributed by atoms with Crippen LogP contribution in [0, 0.1) is 0 Å². The van der Waals surface area contributed by atoms with E-state index in [-0.39, 0.29) is 0 Å². The SMILES string of the molecule is CC(=O)N[C@H]1[C@H](OC[C@@H](O)[C@H](O)[C@H](O[C@@H]2O[C@H](CO)[C@H](O)[C@H](O)[C@H]2O)[C@H](CO)NC(C)=O)O[C@H](CO)[C@@H](O[C@@H]2O[C@H](CO)[C@H](O)[C@H](O[C@H]3O[C@H](CO)[C@H](O)[C@H](O)[C@H]3NC(C)=O)[C@H]2O[C@@H]2O[C@@H](C)[C@@H](O)[C@@H](O)[C@@H]2O)[C@@H]1O. The third-order valence-corrected chi connectivity index (χ3v) is 13.2. The molecule has 29 atom stereocenters. The maximum atomic E-state index is 12.6.